The Morgan fingerprint density at radius 2 is 1.95 bits per heavy atom. The van der Waals surface area contributed by atoms with Crippen molar-refractivity contribution in [1.29, 1.82) is 0 Å². The summed E-state index contributed by atoms with van der Waals surface area (Å²) in [4.78, 5) is 21.6. The standard InChI is InChI=1S/C31H30F3N5O3/c1-18(40)17-39-13-11-26(38-39)25-9-5-19(16-36-25)30(41)37-21-7-8-22-23(15-21)29(22)24-14-20(31(32,33)34)6-10-27(24)42-28-4-2-3-12-35-28/h2-6,9-14,16,18,21-23,29,40H,7-8,15,17H2,1H3,(H,37,41). The van der Waals surface area contributed by atoms with Crippen LogP contribution in [-0.2, 0) is 12.7 Å². The molecule has 2 aliphatic rings. The number of alkyl halides is 3. The van der Waals surface area contributed by atoms with Gasteiger partial charge in [-0.3, -0.25) is 14.5 Å². The zero-order valence-corrected chi connectivity index (χ0v) is 22.8. The Labute approximate surface area is 240 Å². The topological polar surface area (TPSA) is 102 Å². The van der Waals surface area contributed by atoms with E-state index in [0.717, 1.165) is 18.9 Å². The second-order valence-corrected chi connectivity index (χ2v) is 11.1. The number of ether oxygens (including phenoxy) is 1. The number of nitrogens with one attached hydrogen (secondary N) is 1. The Morgan fingerprint density at radius 3 is 2.67 bits per heavy atom. The predicted molar refractivity (Wildman–Crippen MR) is 148 cm³/mol. The van der Waals surface area contributed by atoms with Crippen molar-refractivity contribution in [3.63, 3.8) is 0 Å². The van der Waals surface area contributed by atoms with Crippen LogP contribution in [0.15, 0.2) is 73.2 Å². The highest BCUT2D eigenvalue weighted by Gasteiger charge is 2.55. The number of pyridine rings is 2. The van der Waals surface area contributed by atoms with E-state index in [9.17, 15) is 23.1 Å². The molecule has 42 heavy (non-hydrogen) atoms. The van der Waals surface area contributed by atoms with Gasteiger partial charge in [-0.25, -0.2) is 4.98 Å². The third-order valence-corrected chi connectivity index (χ3v) is 8.00. The quantitative estimate of drug-likeness (QED) is 0.273. The summed E-state index contributed by atoms with van der Waals surface area (Å²) >= 11 is 0. The summed E-state index contributed by atoms with van der Waals surface area (Å²) in [6.45, 7) is 2.06. The first-order valence-electron chi connectivity index (χ1n) is 13.9. The lowest BCUT2D eigenvalue weighted by atomic mass is 9.95. The number of nitrogens with zero attached hydrogens (tertiary/aromatic N) is 4. The van der Waals surface area contributed by atoms with E-state index in [1.54, 1.807) is 60.4 Å². The molecule has 2 saturated carbocycles. The summed E-state index contributed by atoms with van der Waals surface area (Å²) in [6.07, 6.45) is 2.07. The normalized spacial score (nSPS) is 22.2. The van der Waals surface area contributed by atoms with Gasteiger partial charge in [0.1, 0.15) is 11.4 Å². The number of hydrogen-bond donors (Lipinski definition) is 2. The first-order chi connectivity index (χ1) is 20.2. The van der Waals surface area contributed by atoms with Gasteiger partial charge >= 0.3 is 6.18 Å². The van der Waals surface area contributed by atoms with Crippen LogP contribution < -0.4 is 10.1 Å². The summed E-state index contributed by atoms with van der Waals surface area (Å²) in [5.41, 5.74) is 1.50. The van der Waals surface area contributed by atoms with Gasteiger partial charge in [-0.2, -0.15) is 18.3 Å². The molecule has 5 atom stereocenters. The second kappa shape index (κ2) is 11.2. The summed E-state index contributed by atoms with van der Waals surface area (Å²) in [7, 11) is 0. The van der Waals surface area contributed by atoms with Gasteiger partial charge in [0.05, 0.1) is 29.5 Å². The first kappa shape index (κ1) is 27.9. The number of carbonyl (C=O) groups is 1. The summed E-state index contributed by atoms with van der Waals surface area (Å²) in [5.74, 6) is 0.761. The van der Waals surface area contributed by atoms with Crippen molar-refractivity contribution in [3.05, 3.63) is 89.9 Å². The van der Waals surface area contributed by atoms with Gasteiger partial charge in [-0.1, -0.05) is 6.07 Å². The molecule has 4 aromatic rings. The van der Waals surface area contributed by atoms with Crippen LogP contribution in [0.2, 0.25) is 0 Å². The third kappa shape index (κ3) is 6.01. The Kier molecular flexibility index (Phi) is 7.44. The maximum Gasteiger partial charge on any atom is 0.416 e. The number of halogens is 3. The van der Waals surface area contributed by atoms with E-state index in [2.05, 4.69) is 20.4 Å². The van der Waals surface area contributed by atoms with Gasteiger partial charge in [-0.05, 0) is 92.0 Å². The predicted octanol–water partition coefficient (Wildman–Crippen LogP) is 5.84. The number of hydrogen-bond acceptors (Lipinski definition) is 6. The average Bonchev–Trinajstić information content (AvgIpc) is 3.48. The molecule has 0 bridgehead atoms. The molecule has 0 radical (unpaired) electrons. The van der Waals surface area contributed by atoms with Crippen molar-refractivity contribution in [1.82, 2.24) is 25.1 Å². The molecule has 218 valence electrons. The molecule has 2 fully saturated rings. The highest BCUT2D eigenvalue weighted by atomic mass is 19.4. The highest BCUT2D eigenvalue weighted by molar-refractivity contribution is 5.94. The number of carbonyl (C=O) groups excluding carboxylic acids is 1. The number of fused-ring (bicyclic) bond motifs is 1. The van der Waals surface area contributed by atoms with Gasteiger partial charge in [-0.15, -0.1) is 0 Å². The minimum atomic E-state index is -4.46. The van der Waals surface area contributed by atoms with Crippen LogP contribution in [0.25, 0.3) is 11.4 Å². The van der Waals surface area contributed by atoms with Gasteiger partial charge < -0.3 is 15.2 Å². The lowest BCUT2D eigenvalue weighted by Gasteiger charge is -2.22. The Hall–Kier alpha value is -4.25. The van der Waals surface area contributed by atoms with E-state index in [0.29, 0.717) is 47.1 Å². The fraction of sp³-hybridized carbons (Fsp3) is 0.355. The van der Waals surface area contributed by atoms with E-state index in [4.69, 9.17) is 4.74 Å². The van der Waals surface area contributed by atoms with Crippen LogP contribution in [-0.4, -0.2) is 42.9 Å². The lowest BCUT2D eigenvalue weighted by Crippen LogP contribution is -2.36. The van der Waals surface area contributed by atoms with Gasteiger partial charge in [0.2, 0.25) is 5.88 Å². The molecule has 3 aromatic heterocycles. The lowest BCUT2D eigenvalue weighted by molar-refractivity contribution is -0.137. The zero-order valence-electron chi connectivity index (χ0n) is 22.8. The number of aromatic nitrogens is 4. The monoisotopic (exact) mass is 577 g/mol. The summed E-state index contributed by atoms with van der Waals surface area (Å²) in [5, 5.41) is 17.0. The van der Waals surface area contributed by atoms with Gasteiger partial charge in [0.15, 0.2) is 0 Å². The molecule has 0 spiro atoms. The maximum absolute atomic E-state index is 13.6. The second-order valence-electron chi connectivity index (χ2n) is 11.1. The van der Waals surface area contributed by atoms with Crippen LogP contribution in [0.5, 0.6) is 11.6 Å². The average molecular weight is 578 g/mol. The number of benzene rings is 1. The van der Waals surface area contributed by atoms with Crippen molar-refractivity contribution >= 4 is 5.91 Å². The number of aliphatic hydroxyl groups excluding tert-OH is 1. The number of amides is 1. The molecule has 2 N–H and O–H groups in total. The molecular weight excluding hydrogens is 547 g/mol. The van der Waals surface area contributed by atoms with Gasteiger partial charge in [0, 0.05) is 30.7 Å². The van der Waals surface area contributed by atoms with Crippen LogP contribution >= 0.6 is 0 Å². The fourth-order valence-electron chi connectivity index (χ4n) is 6.01. The van der Waals surface area contributed by atoms with E-state index < -0.39 is 17.8 Å². The van der Waals surface area contributed by atoms with Gasteiger partial charge in [0.25, 0.3) is 5.91 Å². The van der Waals surface area contributed by atoms with Crippen molar-refractivity contribution in [2.45, 2.75) is 57.0 Å². The molecule has 2 aliphatic carbocycles. The number of rotatable bonds is 8. The molecule has 5 unspecified atom stereocenters. The molecule has 3 heterocycles. The largest absolute Gasteiger partial charge is 0.439 e. The molecular formula is C31H30F3N5O3. The minimum Gasteiger partial charge on any atom is -0.439 e. The Balaban J connectivity index is 1.12. The van der Waals surface area contributed by atoms with Crippen LogP contribution in [0.3, 0.4) is 0 Å². The van der Waals surface area contributed by atoms with Crippen LogP contribution in [0.1, 0.15) is 53.6 Å². The Bertz CT molecular complexity index is 1560. The molecule has 0 aliphatic heterocycles. The maximum atomic E-state index is 13.6. The van der Waals surface area contributed by atoms with Crippen molar-refractivity contribution in [2.75, 3.05) is 0 Å². The zero-order chi connectivity index (χ0) is 29.4. The van der Waals surface area contributed by atoms with Crippen molar-refractivity contribution in [3.8, 4) is 23.0 Å². The fourth-order valence-corrected chi connectivity index (χ4v) is 6.01. The molecule has 0 saturated heterocycles. The SMILES string of the molecule is CC(O)Cn1ccc(-c2ccc(C(=O)NC3CCC4C(C3)C4c3cc(C(F)(F)F)ccc3Oc3ccccn3)cn2)n1. The summed E-state index contributed by atoms with van der Waals surface area (Å²) < 4.78 is 48.3. The molecule has 1 amide bonds. The minimum absolute atomic E-state index is 0.0810. The molecule has 8 nitrogen and oxygen atoms in total. The van der Waals surface area contributed by atoms with Crippen LogP contribution in [0, 0.1) is 11.8 Å². The highest BCUT2D eigenvalue weighted by Crippen LogP contribution is 2.63. The van der Waals surface area contributed by atoms with Crippen molar-refractivity contribution < 1.29 is 27.8 Å². The van der Waals surface area contributed by atoms with Crippen molar-refractivity contribution in [2.24, 2.45) is 11.8 Å². The third-order valence-electron chi connectivity index (χ3n) is 8.00. The summed E-state index contributed by atoms with van der Waals surface area (Å²) in [6, 6.07) is 13.9. The smallest absolute Gasteiger partial charge is 0.416 e. The molecule has 6 rings (SSSR count). The van der Waals surface area contributed by atoms with E-state index >= 15 is 0 Å². The number of aliphatic hydroxyl groups is 1. The van der Waals surface area contributed by atoms with E-state index in [1.807, 2.05) is 0 Å². The first-order valence-corrected chi connectivity index (χ1v) is 13.9. The molecule has 11 heteroatoms. The molecule has 1 aromatic carbocycles. The van der Waals surface area contributed by atoms with Crippen LogP contribution in [0.4, 0.5) is 13.2 Å². The van der Waals surface area contributed by atoms with E-state index in [-0.39, 0.29) is 29.7 Å². The Morgan fingerprint density at radius 1 is 1.10 bits per heavy atom. The van der Waals surface area contributed by atoms with E-state index in [1.165, 1.54) is 18.3 Å².